The van der Waals surface area contributed by atoms with E-state index >= 15 is 0 Å². The van der Waals surface area contributed by atoms with E-state index in [0.29, 0.717) is 11.4 Å². The van der Waals surface area contributed by atoms with Crippen LogP contribution in [0.5, 0.6) is 0 Å². The Morgan fingerprint density at radius 3 is 2.94 bits per heavy atom. The average molecular weight is 258 g/mol. The van der Waals surface area contributed by atoms with Crippen LogP contribution in [0.15, 0.2) is 11.4 Å². The number of hydrogen-bond acceptors (Lipinski definition) is 4. The van der Waals surface area contributed by atoms with E-state index in [9.17, 15) is 4.79 Å². The first-order valence-electron chi connectivity index (χ1n) is 4.72. The van der Waals surface area contributed by atoms with Gasteiger partial charge in [-0.05, 0) is 23.4 Å². The van der Waals surface area contributed by atoms with Crippen LogP contribution in [0.4, 0.5) is 0 Å². The van der Waals surface area contributed by atoms with Gasteiger partial charge in [0.25, 0.3) is 0 Å². The zero-order chi connectivity index (χ0) is 10.8. The molecule has 1 fully saturated rings. The fourth-order valence-electron chi connectivity index (χ4n) is 1.66. The highest BCUT2D eigenvalue weighted by Crippen LogP contribution is 2.18. The Morgan fingerprint density at radius 1 is 1.69 bits per heavy atom. The minimum absolute atomic E-state index is 0. The number of carbonyl (C=O) groups excluding carboxylic acids is 1. The van der Waals surface area contributed by atoms with Crippen LogP contribution in [-0.2, 0) is 11.3 Å². The van der Waals surface area contributed by atoms with Crippen molar-refractivity contribution < 1.29 is 4.79 Å². The lowest BCUT2D eigenvalue weighted by molar-refractivity contribution is -0.129. The molecule has 2 rings (SSSR count). The summed E-state index contributed by atoms with van der Waals surface area (Å²) in [6.45, 7) is 1.29. The fourth-order valence-corrected chi connectivity index (χ4v) is 2.35. The Labute approximate surface area is 104 Å². The normalized spacial score (nSPS) is 19.4. The minimum atomic E-state index is -0.334. The number of rotatable bonds is 2. The summed E-state index contributed by atoms with van der Waals surface area (Å²) in [6.07, 6.45) is 0.730. The molecule has 0 bridgehead atoms. The summed E-state index contributed by atoms with van der Waals surface area (Å²) >= 11 is 1.40. The van der Waals surface area contributed by atoms with Crippen molar-refractivity contribution >= 4 is 29.7 Å². The number of hydrogen-bond donors (Lipinski definition) is 1. The summed E-state index contributed by atoms with van der Waals surface area (Å²) in [6, 6.07) is 3.57. The van der Waals surface area contributed by atoms with E-state index in [1.165, 1.54) is 11.3 Å². The highest BCUT2D eigenvalue weighted by Gasteiger charge is 2.28. The molecule has 0 spiro atoms. The van der Waals surface area contributed by atoms with E-state index in [1.807, 2.05) is 11.4 Å². The molecule has 1 aliphatic heterocycles. The summed E-state index contributed by atoms with van der Waals surface area (Å²) in [5.41, 5.74) is 6.63. The van der Waals surface area contributed by atoms with Crippen LogP contribution >= 0.6 is 23.7 Å². The van der Waals surface area contributed by atoms with Crippen molar-refractivity contribution in [1.29, 1.82) is 5.26 Å². The van der Waals surface area contributed by atoms with Gasteiger partial charge >= 0.3 is 0 Å². The third-order valence-corrected chi connectivity index (χ3v) is 3.36. The molecule has 0 saturated carbocycles. The third-order valence-electron chi connectivity index (χ3n) is 2.48. The Hall–Kier alpha value is -1.09. The SMILES string of the molecule is Cl.N#Cc1cc(CN2CC[C@H](N)C2=O)cs1. The van der Waals surface area contributed by atoms with Gasteiger partial charge in [-0.1, -0.05) is 0 Å². The van der Waals surface area contributed by atoms with Gasteiger partial charge in [-0.25, -0.2) is 0 Å². The van der Waals surface area contributed by atoms with Crippen molar-refractivity contribution in [3.8, 4) is 6.07 Å². The van der Waals surface area contributed by atoms with E-state index < -0.39 is 0 Å². The summed E-state index contributed by atoms with van der Waals surface area (Å²) in [4.78, 5) is 14.0. The van der Waals surface area contributed by atoms with Gasteiger partial charge in [-0.3, -0.25) is 4.79 Å². The highest BCUT2D eigenvalue weighted by molar-refractivity contribution is 7.10. The standard InChI is InChI=1S/C10H11N3OS.ClH/c11-4-8-3-7(6-15-8)5-13-2-1-9(12)10(13)14;/h3,6,9H,1-2,5,12H2;1H/t9-;/m0./s1. The van der Waals surface area contributed by atoms with Crippen molar-refractivity contribution in [3.05, 3.63) is 21.9 Å². The molecule has 2 heterocycles. The predicted molar refractivity (Wildman–Crippen MR) is 64.3 cm³/mol. The van der Waals surface area contributed by atoms with Crippen molar-refractivity contribution in [2.45, 2.75) is 19.0 Å². The molecule has 0 unspecified atom stereocenters. The summed E-state index contributed by atoms with van der Waals surface area (Å²) in [7, 11) is 0. The zero-order valence-electron chi connectivity index (χ0n) is 8.55. The van der Waals surface area contributed by atoms with Gasteiger partial charge in [0.15, 0.2) is 0 Å². The first-order valence-corrected chi connectivity index (χ1v) is 5.60. The maximum Gasteiger partial charge on any atom is 0.239 e. The van der Waals surface area contributed by atoms with Crippen molar-refractivity contribution in [3.63, 3.8) is 0 Å². The number of thiophene rings is 1. The largest absolute Gasteiger partial charge is 0.337 e. The second-order valence-electron chi connectivity index (χ2n) is 3.59. The second-order valence-corrected chi connectivity index (χ2v) is 4.50. The maximum absolute atomic E-state index is 11.5. The van der Waals surface area contributed by atoms with E-state index in [4.69, 9.17) is 11.0 Å². The van der Waals surface area contributed by atoms with Crippen molar-refractivity contribution in [1.82, 2.24) is 4.90 Å². The molecule has 1 aromatic rings. The molecule has 86 valence electrons. The maximum atomic E-state index is 11.5. The molecular weight excluding hydrogens is 246 g/mol. The molecule has 1 atom stereocenters. The van der Waals surface area contributed by atoms with Gasteiger partial charge in [0.1, 0.15) is 10.9 Å². The summed E-state index contributed by atoms with van der Waals surface area (Å²) < 4.78 is 0. The number of halogens is 1. The van der Waals surface area contributed by atoms with E-state index in [-0.39, 0.29) is 24.4 Å². The molecule has 2 N–H and O–H groups in total. The van der Waals surface area contributed by atoms with Gasteiger partial charge < -0.3 is 10.6 Å². The number of carbonyl (C=O) groups is 1. The average Bonchev–Trinajstić information content (AvgIpc) is 2.80. The van der Waals surface area contributed by atoms with Crippen LogP contribution < -0.4 is 5.73 Å². The number of likely N-dealkylation sites (tertiary alicyclic amines) is 1. The number of nitrogens with zero attached hydrogens (tertiary/aromatic N) is 2. The van der Waals surface area contributed by atoms with Gasteiger partial charge in [0.2, 0.25) is 5.91 Å². The molecule has 16 heavy (non-hydrogen) atoms. The van der Waals surface area contributed by atoms with Crippen molar-refractivity contribution in [2.24, 2.45) is 5.73 Å². The first kappa shape index (κ1) is 13.0. The lowest BCUT2D eigenvalue weighted by atomic mass is 10.3. The molecule has 0 aliphatic carbocycles. The topological polar surface area (TPSA) is 70.1 Å². The van der Waals surface area contributed by atoms with Crippen LogP contribution in [0.3, 0.4) is 0 Å². The lowest BCUT2D eigenvalue weighted by Crippen LogP contribution is -2.33. The Morgan fingerprint density at radius 2 is 2.44 bits per heavy atom. The Kier molecular flexibility index (Phi) is 4.30. The number of nitriles is 1. The van der Waals surface area contributed by atoms with Crippen molar-refractivity contribution in [2.75, 3.05) is 6.54 Å². The summed E-state index contributed by atoms with van der Waals surface area (Å²) in [5.74, 6) is 0.0136. The molecule has 0 radical (unpaired) electrons. The fraction of sp³-hybridized carbons (Fsp3) is 0.400. The highest BCUT2D eigenvalue weighted by atomic mass is 35.5. The van der Waals surface area contributed by atoms with E-state index in [1.54, 1.807) is 4.90 Å². The van der Waals surface area contributed by atoms with Gasteiger partial charge in [0.05, 0.1) is 6.04 Å². The van der Waals surface area contributed by atoms with Crippen LogP contribution in [-0.4, -0.2) is 23.4 Å². The third kappa shape index (κ3) is 2.53. The van der Waals surface area contributed by atoms with Crippen LogP contribution in [0.25, 0.3) is 0 Å². The van der Waals surface area contributed by atoms with Crippen LogP contribution in [0, 0.1) is 11.3 Å². The van der Waals surface area contributed by atoms with Gasteiger partial charge in [-0.15, -0.1) is 23.7 Å². The molecule has 1 aliphatic rings. The molecule has 6 heteroatoms. The quantitative estimate of drug-likeness (QED) is 0.863. The van der Waals surface area contributed by atoms with E-state index in [0.717, 1.165) is 18.5 Å². The van der Waals surface area contributed by atoms with Gasteiger partial charge in [-0.2, -0.15) is 5.26 Å². The minimum Gasteiger partial charge on any atom is -0.337 e. The Bertz CT molecular complexity index is 426. The summed E-state index contributed by atoms with van der Waals surface area (Å²) in [5, 5.41) is 10.6. The molecule has 4 nitrogen and oxygen atoms in total. The zero-order valence-corrected chi connectivity index (χ0v) is 10.2. The molecule has 1 aromatic heterocycles. The van der Waals surface area contributed by atoms with Crippen LogP contribution in [0.1, 0.15) is 16.9 Å². The molecular formula is C10H12ClN3OS. The molecule has 1 amide bonds. The number of amides is 1. The Balaban J connectivity index is 0.00000128. The predicted octanol–water partition coefficient (Wildman–Crippen LogP) is 1.10. The van der Waals surface area contributed by atoms with E-state index in [2.05, 4.69) is 6.07 Å². The van der Waals surface area contributed by atoms with Crippen LogP contribution in [0.2, 0.25) is 0 Å². The van der Waals surface area contributed by atoms with Gasteiger partial charge in [0, 0.05) is 13.1 Å². The molecule has 1 saturated heterocycles. The second kappa shape index (κ2) is 5.30. The first-order chi connectivity index (χ1) is 7.20. The number of nitrogens with two attached hydrogens (primary N) is 1. The smallest absolute Gasteiger partial charge is 0.239 e. The monoisotopic (exact) mass is 257 g/mol. The lowest BCUT2D eigenvalue weighted by Gasteiger charge is -2.14. The molecule has 0 aromatic carbocycles.